The fraction of sp³-hybridized carbons (Fsp3) is 0.538. The molecule has 1 aliphatic rings. The Morgan fingerprint density at radius 1 is 1.50 bits per heavy atom. The van der Waals surface area contributed by atoms with Crippen molar-refractivity contribution >= 4 is 17.5 Å². The predicted octanol–water partition coefficient (Wildman–Crippen LogP) is 0.195. The van der Waals surface area contributed by atoms with E-state index in [-0.39, 0.29) is 5.69 Å². The Kier molecular flexibility index (Phi) is 5.14. The highest BCUT2D eigenvalue weighted by atomic mass is 16.5. The van der Waals surface area contributed by atoms with E-state index in [4.69, 9.17) is 10.5 Å². The number of nitrogens with one attached hydrogen (secondary N) is 1. The van der Waals surface area contributed by atoms with Gasteiger partial charge in [0.25, 0.3) is 0 Å². The fourth-order valence-electron chi connectivity index (χ4n) is 1.99. The van der Waals surface area contributed by atoms with Crippen LogP contribution in [-0.4, -0.2) is 62.4 Å². The highest BCUT2D eigenvalue weighted by Crippen LogP contribution is 2.15. The Balaban J connectivity index is 1.89. The highest BCUT2D eigenvalue weighted by Gasteiger charge is 2.12. The van der Waals surface area contributed by atoms with E-state index in [1.807, 2.05) is 0 Å². The Bertz CT molecular complexity index is 461. The second kappa shape index (κ2) is 7.06. The van der Waals surface area contributed by atoms with E-state index < -0.39 is 5.97 Å². The van der Waals surface area contributed by atoms with Gasteiger partial charge in [0.15, 0.2) is 5.69 Å². The third kappa shape index (κ3) is 3.82. The molecule has 3 N–H and O–H groups in total. The van der Waals surface area contributed by atoms with Gasteiger partial charge >= 0.3 is 5.97 Å². The number of aromatic nitrogens is 1. The van der Waals surface area contributed by atoms with Gasteiger partial charge in [0.1, 0.15) is 5.82 Å². The van der Waals surface area contributed by atoms with Crippen LogP contribution in [0.1, 0.15) is 10.5 Å². The molecule has 1 aromatic heterocycles. The number of hydrogen-bond acceptors (Lipinski definition) is 7. The molecule has 0 aliphatic carbocycles. The summed E-state index contributed by atoms with van der Waals surface area (Å²) in [5, 5.41) is 3.15. The van der Waals surface area contributed by atoms with Crippen molar-refractivity contribution < 1.29 is 14.3 Å². The first-order valence-corrected chi connectivity index (χ1v) is 6.59. The number of nitrogens with zero attached hydrogens (tertiary/aromatic N) is 2. The van der Waals surface area contributed by atoms with Crippen molar-refractivity contribution in [2.75, 3.05) is 57.6 Å². The Morgan fingerprint density at radius 2 is 2.25 bits per heavy atom. The summed E-state index contributed by atoms with van der Waals surface area (Å²) in [5.41, 5.74) is 6.60. The van der Waals surface area contributed by atoms with Gasteiger partial charge in [-0.15, -0.1) is 0 Å². The number of carbonyl (C=O) groups is 1. The molecule has 0 aromatic carbocycles. The van der Waals surface area contributed by atoms with Gasteiger partial charge in [-0.2, -0.15) is 0 Å². The lowest BCUT2D eigenvalue weighted by Crippen LogP contribution is -2.39. The summed E-state index contributed by atoms with van der Waals surface area (Å²) in [6.45, 7) is 5.02. The van der Waals surface area contributed by atoms with Gasteiger partial charge < -0.3 is 20.5 Å². The molecule has 0 bridgehead atoms. The molecule has 2 rings (SSSR count). The molecule has 1 aromatic rings. The first kappa shape index (κ1) is 14.5. The summed E-state index contributed by atoms with van der Waals surface area (Å²) in [4.78, 5) is 17.9. The Labute approximate surface area is 118 Å². The lowest BCUT2D eigenvalue weighted by atomic mass is 10.3. The van der Waals surface area contributed by atoms with Crippen LogP contribution in [0, 0.1) is 0 Å². The average Bonchev–Trinajstić information content (AvgIpc) is 2.49. The summed E-state index contributed by atoms with van der Waals surface area (Å²) >= 11 is 0. The van der Waals surface area contributed by atoms with Crippen molar-refractivity contribution in [3.8, 4) is 0 Å². The molecular weight excluding hydrogens is 260 g/mol. The molecule has 20 heavy (non-hydrogen) atoms. The zero-order valence-electron chi connectivity index (χ0n) is 11.6. The molecule has 7 heteroatoms. The Hall–Kier alpha value is -1.86. The maximum atomic E-state index is 11.4. The molecule has 7 nitrogen and oxygen atoms in total. The molecule has 0 saturated carbocycles. The number of pyridine rings is 1. The third-order valence-corrected chi connectivity index (χ3v) is 3.15. The lowest BCUT2D eigenvalue weighted by molar-refractivity contribution is 0.0398. The molecule has 1 aliphatic heterocycles. The first-order valence-electron chi connectivity index (χ1n) is 6.59. The van der Waals surface area contributed by atoms with Crippen molar-refractivity contribution in [2.45, 2.75) is 0 Å². The van der Waals surface area contributed by atoms with Crippen LogP contribution >= 0.6 is 0 Å². The van der Waals surface area contributed by atoms with Gasteiger partial charge in [-0.1, -0.05) is 0 Å². The SMILES string of the molecule is COC(=O)c1ccc(N)c(NCCN2CCOCC2)n1. The van der Waals surface area contributed by atoms with Crippen LogP contribution in [0.5, 0.6) is 0 Å². The largest absolute Gasteiger partial charge is 0.464 e. The molecule has 110 valence electrons. The summed E-state index contributed by atoms with van der Waals surface area (Å²) in [5.74, 6) is 0.0439. The summed E-state index contributed by atoms with van der Waals surface area (Å²) in [7, 11) is 1.33. The number of anilines is 2. The van der Waals surface area contributed by atoms with Crippen LogP contribution in [0.2, 0.25) is 0 Å². The monoisotopic (exact) mass is 280 g/mol. The lowest BCUT2D eigenvalue weighted by Gasteiger charge is -2.26. The number of morpholine rings is 1. The van der Waals surface area contributed by atoms with Crippen LogP contribution in [-0.2, 0) is 9.47 Å². The van der Waals surface area contributed by atoms with Crippen molar-refractivity contribution in [1.29, 1.82) is 0 Å². The number of esters is 1. The second-order valence-electron chi connectivity index (χ2n) is 4.51. The van der Waals surface area contributed by atoms with Crippen LogP contribution in [0.25, 0.3) is 0 Å². The van der Waals surface area contributed by atoms with Crippen LogP contribution < -0.4 is 11.1 Å². The zero-order chi connectivity index (χ0) is 14.4. The van der Waals surface area contributed by atoms with Crippen molar-refractivity contribution in [2.24, 2.45) is 0 Å². The second-order valence-corrected chi connectivity index (χ2v) is 4.51. The van der Waals surface area contributed by atoms with E-state index in [1.165, 1.54) is 7.11 Å². The van der Waals surface area contributed by atoms with Crippen LogP contribution in [0.3, 0.4) is 0 Å². The van der Waals surface area contributed by atoms with Crippen molar-refractivity contribution in [3.63, 3.8) is 0 Å². The highest BCUT2D eigenvalue weighted by molar-refractivity contribution is 5.88. The molecule has 2 heterocycles. The maximum Gasteiger partial charge on any atom is 0.356 e. The fourth-order valence-corrected chi connectivity index (χ4v) is 1.99. The van der Waals surface area contributed by atoms with E-state index in [2.05, 4.69) is 19.9 Å². The minimum atomic E-state index is -0.471. The maximum absolute atomic E-state index is 11.4. The number of carbonyl (C=O) groups excluding carboxylic acids is 1. The molecule has 0 radical (unpaired) electrons. The number of hydrogen-bond donors (Lipinski definition) is 2. The standard InChI is InChI=1S/C13H20N4O3/c1-19-13(18)11-3-2-10(14)12(16-11)15-4-5-17-6-8-20-9-7-17/h2-3H,4-9,14H2,1H3,(H,15,16). The number of ether oxygens (including phenoxy) is 2. The average molecular weight is 280 g/mol. The molecule has 0 atom stereocenters. The number of nitrogens with two attached hydrogens (primary N) is 1. The van der Waals surface area contributed by atoms with E-state index in [9.17, 15) is 4.79 Å². The smallest absolute Gasteiger partial charge is 0.356 e. The van der Waals surface area contributed by atoms with Gasteiger partial charge in [-0.25, -0.2) is 9.78 Å². The van der Waals surface area contributed by atoms with Crippen molar-refractivity contribution in [1.82, 2.24) is 9.88 Å². The molecule has 1 fully saturated rings. The minimum absolute atomic E-state index is 0.246. The predicted molar refractivity (Wildman–Crippen MR) is 75.7 cm³/mol. The van der Waals surface area contributed by atoms with E-state index >= 15 is 0 Å². The van der Waals surface area contributed by atoms with E-state index in [0.29, 0.717) is 18.1 Å². The summed E-state index contributed by atoms with van der Waals surface area (Å²) in [6, 6.07) is 3.20. The third-order valence-electron chi connectivity index (χ3n) is 3.15. The van der Waals surface area contributed by atoms with Crippen molar-refractivity contribution in [3.05, 3.63) is 17.8 Å². The summed E-state index contributed by atoms with van der Waals surface area (Å²) in [6.07, 6.45) is 0. The molecule has 0 unspecified atom stereocenters. The molecule has 1 saturated heterocycles. The quantitative estimate of drug-likeness (QED) is 0.744. The van der Waals surface area contributed by atoms with Gasteiger partial charge in [-0.05, 0) is 12.1 Å². The number of methoxy groups -OCH3 is 1. The van der Waals surface area contributed by atoms with Gasteiger partial charge in [0.2, 0.25) is 0 Å². The number of rotatable bonds is 5. The zero-order valence-corrected chi connectivity index (χ0v) is 11.6. The number of nitrogen functional groups attached to an aromatic ring is 1. The molecular formula is C13H20N4O3. The molecule has 0 amide bonds. The minimum Gasteiger partial charge on any atom is -0.464 e. The molecule has 0 spiro atoms. The van der Waals surface area contributed by atoms with Crippen LogP contribution in [0.15, 0.2) is 12.1 Å². The topological polar surface area (TPSA) is 89.7 Å². The van der Waals surface area contributed by atoms with E-state index in [0.717, 1.165) is 32.8 Å². The summed E-state index contributed by atoms with van der Waals surface area (Å²) < 4.78 is 9.93. The van der Waals surface area contributed by atoms with E-state index in [1.54, 1.807) is 12.1 Å². The van der Waals surface area contributed by atoms with Gasteiger partial charge in [-0.3, -0.25) is 4.90 Å². The first-order chi connectivity index (χ1) is 9.70. The van der Waals surface area contributed by atoms with Crippen LogP contribution in [0.4, 0.5) is 11.5 Å². The van der Waals surface area contributed by atoms with Gasteiger partial charge in [0.05, 0.1) is 26.0 Å². The normalized spacial score (nSPS) is 15.8. The van der Waals surface area contributed by atoms with Gasteiger partial charge in [0, 0.05) is 26.2 Å². The Morgan fingerprint density at radius 3 is 2.95 bits per heavy atom.